The van der Waals surface area contributed by atoms with Crippen LogP contribution < -0.4 is 4.90 Å². The lowest BCUT2D eigenvalue weighted by Crippen LogP contribution is -2.52. The molecule has 0 bridgehead atoms. The van der Waals surface area contributed by atoms with E-state index in [1.165, 1.54) is 13.8 Å². The molecule has 8 heteroatoms. The lowest BCUT2D eigenvalue weighted by Gasteiger charge is -2.36. The fourth-order valence-corrected chi connectivity index (χ4v) is 3.86. The first-order valence-corrected chi connectivity index (χ1v) is 10.1. The Labute approximate surface area is 184 Å². The summed E-state index contributed by atoms with van der Waals surface area (Å²) >= 11 is 6.35. The second kappa shape index (κ2) is 8.89. The van der Waals surface area contributed by atoms with E-state index in [4.69, 9.17) is 21.1 Å². The smallest absolute Gasteiger partial charge is 0.304 e. The van der Waals surface area contributed by atoms with E-state index in [9.17, 15) is 19.2 Å². The summed E-state index contributed by atoms with van der Waals surface area (Å²) in [5, 5.41) is -0.167. The van der Waals surface area contributed by atoms with Crippen LogP contribution in [0.4, 0.5) is 5.69 Å². The Morgan fingerprint density at radius 3 is 2.35 bits per heavy atom. The number of nitrogens with zero attached hydrogens (tertiary/aromatic N) is 1. The zero-order chi connectivity index (χ0) is 22.8. The average Bonchev–Trinajstić information content (AvgIpc) is 2.73. The van der Waals surface area contributed by atoms with Crippen LogP contribution in [0.3, 0.4) is 0 Å². The number of ketones is 2. The Balaban J connectivity index is 2.05. The average molecular weight is 444 g/mol. The monoisotopic (exact) mass is 443 g/mol. The number of halogens is 1. The van der Waals surface area contributed by atoms with Gasteiger partial charge in [-0.25, -0.2) is 0 Å². The minimum atomic E-state index is -2.01. The van der Waals surface area contributed by atoms with Crippen LogP contribution in [0.5, 0.6) is 0 Å². The molecule has 0 aromatic heterocycles. The third-order valence-electron chi connectivity index (χ3n) is 4.98. The number of carbonyl (C=O) groups is 4. The van der Waals surface area contributed by atoms with E-state index >= 15 is 0 Å². The SMILES string of the molecule is CC(=O)OCCCC1=CC2=C(Cl)C(=O)C(C)(OC(C)=O)C(=O)C2=CN1c1ccccc1. The lowest BCUT2D eigenvalue weighted by atomic mass is 9.79. The molecular formula is C23H22ClNO6. The van der Waals surface area contributed by atoms with E-state index in [2.05, 4.69) is 0 Å². The number of ether oxygens (including phenoxy) is 2. The van der Waals surface area contributed by atoms with Gasteiger partial charge < -0.3 is 14.4 Å². The molecule has 0 saturated heterocycles. The van der Waals surface area contributed by atoms with Crippen molar-refractivity contribution in [2.45, 2.75) is 39.2 Å². The van der Waals surface area contributed by atoms with Crippen LogP contribution in [0.25, 0.3) is 0 Å². The summed E-state index contributed by atoms with van der Waals surface area (Å²) in [7, 11) is 0. The third-order valence-corrected chi connectivity index (χ3v) is 5.36. The maximum Gasteiger partial charge on any atom is 0.304 e. The molecule has 1 heterocycles. The molecule has 0 N–H and O–H groups in total. The van der Waals surface area contributed by atoms with E-state index in [1.54, 1.807) is 12.3 Å². The van der Waals surface area contributed by atoms with Crippen molar-refractivity contribution in [3.05, 3.63) is 64.5 Å². The first-order valence-electron chi connectivity index (χ1n) is 9.74. The summed E-state index contributed by atoms with van der Waals surface area (Å²) < 4.78 is 10.1. The Hall–Kier alpha value is -3.19. The molecule has 0 saturated carbocycles. The quantitative estimate of drug-likeness (QED) is 0.377. The van der Waals surface area contributed by atoms with Crippen molar-refractivity contribution in [2.24, 2.45) is 0 Å². The van der Waals surface area contributed by atoms with Crippen LogP contribution in [0.1, 0.15) is 33.6 Å². The molecule has 0 radical (unpaired) electrons. The summed E-state index contributed by atoms with van der Waals surface area (Å²) in [6.07, 6.45) is 4.32. The minimum absolute atomic E-state index is 0.167. The van der Waals surface area contributed by atoms with E-state index in [1.807, 2.05) is 35.2 Å². The molecule has 1 atom stereocenters. The number of anilines is 1. The normalized spacial score (nSPS) is 20.7. The molecule has 1 aliphatic heterocycles. The molecule has 162 valence electrons. The maximum absolute atomic E-state index is 13.2. The number of hydrogen-bond donors (Lipinski definition) is 0. The predicted molar refractivity (Wildman–Crippen MR) is 114 cm³/mol. The fraction of sp³-hybridized carbons (Fsp3) is 0.304. The van der Waals surface area contributed by atoms with Gasteiger partial charge in [-0.05, 0) is 38.0 Å². The molecule has 31 heavy (non-hydrogen) atoms. The number of para-hydroxylation sites is 1. The van der Waals surface area contributed by atoms with E-state index in [0.29, 0.717) is 12.8 Å². The van der Waals surface area contributed by atoms with E-state index in [0.717, 1.165) is 18.3 Å². The highest BCUT2D eigenvalue weighted by Crippen LogP contribution is 2.41. The first-order chi connectivity index (χ1) is 14.6. The number of fused-ring (bicyclic) bond motifs is 1. The molecule has 0 amide bonds. The Kier molecular flexibility index (Phi) is 6.45. The van der Waals surface area contributed by atoms with Gasteiger partial charge in [-0.2, -0.15) is 0 Å². The zero-order valence-corrected chi connectivity index (χ0v) is 18.2. The van der Waals surface area contributed by atoms with Crippen LogP contribution in [0.2, 0.25) is 0 Å². The molecule has 7 nitrogen and oxygen atoms in total. The van der Waals surface area contributed by atoms with Crippen molar-refractivity contribution < 1.29 is 28.7 Å². The van der Waals surface area contributed by atoms with Gasteiger partial charge in [0.1, 0.15) is 0 Å². The number of carbonyl (C=O) groups excluding carboxylic acids is 4. The summed E-state index contributed by atoms with van der Waals surface area (Å²) in [5.74, 6) is -2.51. The van der Waals surface area contributed by atoms with Gasteiger partial charge in [-0.1, -0.05) is 29.8 Å². The van der Waals surface area contributed by atoms with Gasteiger partial charge in [0.05, 0.1) is 11.6 Å². The molecule has 0 spiro atoms. The number of benzene rings is 1. The summed E-state index contributed by atoms with van der Waals surface area (Å²) in [5.41, 5.74) is 0.0213. The molecular weight excluding hydrogens is 422 g/mol. The van der Waals surface area contributed by atoms with Crippen molar-refractivity contribution >= 4 is 40.8 Å². The second-order valence-corrected chi connectivity index (χ2v) is 7.72. The van der Waals surface area contributed by atoms with Crippen LogP contribution in [0, 0.1) is 0 Å². The first kappa shape index (κ1) is 22.5. The number of esters is 2. The van der Waals surface area contributed by atoms with E-state index < -0.39 is 23.1 Å². The number of rotatable bonds is 6. The van der Waals surface area contributed by atoms with Gasteiger partial charge >= 0.3 is 11.9 Å². The van der Waals surface area contributed by atoms with Crippen molar-refractivity contribution in [2.75, 3.05) is 11.5 Å². The highest BCUT2D eigenvalue weighted by atomic mass is 35.5. The predicted octanol–water partition coefficient (Wildman–Crippen LogP) is 3.58. The van der Waals surface area contributed by atoms with Gasteiger partial charge in [-0.3, -0.25) is 19.2 Å². The van der Waals surface area contributed by atoms with Crippen LogP contribution >= 0.6 is 11.6 Å². The molecule has 1 aromatic rings. The molecule has 0 fully saturated rings. The number of hydrogen-bond acceptors (Lipinski definition) is 7. The van der Waals surface area contributed by atoms with Crippen molar-refractivity contribution in [1.29, 1.82) is 0 Å². The Morgan fingerprint density at radius 1 is 1.06 bits per heavy atom. The second-order valence-electron chi connectivity index (χ2n) is 7.34. The van der Waals surface area contributed by atoms with Gasteiger partial charge in [-0.15, -0.1) is 0 Å². The van der Waals surface area contributed by atoms with Crippen LogP contribution in [0.15, 0.2) is 64.5 Å². The number of allylic oxidation sites excluding steroid dienone is 3. The minimum Gasteiger partial charge on any atom is -0.466 e. The van der Waals surface area contributed by atoms with Crippen molar-refractivity contribution in [3.8, 4) is 0 Å². The van der Waals surface area contributed by atoms with Crippen molar-refractivity contribution in [1.82, 2.24) is 0 Å². The summed E-state index contributed by atoms with van der Waals surface area (Å²) in [4.78, 5) is 50.4. The third kappa shape index (κ3) is 4.46. The largest absolute Gasteiger partial charge is 0.466 e. The maximum atomic E-state index is 13.2. The molecule has 3 rings (SSSR count). The van der Waals surface area contributed by atoms with Crippen molar-refractivity contribution in [3.63, 3.8) is 0 Å². The highest BCUT2D eigenvalue weighted by molar-refractivity contribution is 6.49. The molecule has 1 unspecified atom stereocenters. The van der Waals surface area contributed by atoms with Crippen LogP contribution in [-0.2, 0) is 28.7 Å². The Morgan fingerprint density at radius 2 is 1.74 bits per heavy atom. The van der Waals surface area contributed by atoms with Gasteiger partial charge in [0.25, 0.3) is 0 Å². The van der Waals surface area contributed by atoms with Gasteiger partial charge in [0.2, 0.25) is 17.2 Å². The zero-order valence-electron chi connectivity index (χ0n) is 17.4. The van der Waals surface area contributed by atoms with Gasteiger partial charge in [0.15, 0.2) is 0 Å². The Bertz CT molecular complexity index is 1040. The molecule has 1 aliphatic carbocycles. The summed E-state index contributed by atoms with van der Waals surface area (Å²) in [6.45, 7) is 3.96. The fourth-order valence-electron chi connectivity index (χ4n) is 3.52. The van der Waals surface area contributed by atoms with E-state index in [-0.39, 0.29) is 28.8 Å². The molecule has 1 aromatic carbocycles. The van der Waals surface area contributed by atoms with Gasteiger partial charge in [0, 0.05) is 42.6 Å². The topological polar surface area (TPSA) is 90.0 Å². The molecule has 2 aliphatic rings. The van der Waals surface area contributed by atoms with Crippen LogP contribution in [-0.4, -0.2) is 35.7 Å². The lowest BCUT2D eigenvalue weighted by molar-refractivity contribution is -0.167. The standard InChI is InChI=1S/C23H22ClNO6/c1-14(26)30-11-7-10-17-12-18-19(13-25(17)16-8-5-4-6-9-16)21(28)23(3,31-15(2)27)22(29)20(18)24/h4-6,8-9,12-13H,7,10-11H2,1-3H3. The highest BCUT2D eigenvalue weighted by Gasteiger charge is 2.52. The number of Topliss-reactive ketones (excluding diaryl/α,β-unsaturated/α-hetero) is 2. The summed E-state index contributed by atoms with van der Waals surface area (Å²) in [6, 6.07) is 9.33.